The molecule has 3 aromatic rings. The summed E-state index contributed by atoms with van der Waals surface area (Å²) in [7, 11) is 1.84. The van der Waals surface area contributed by atoms with Gasteiger partial charge in [0, 0.05) is 56.0 Å². The highest BCUT2D eigenvalue weighted by Crippen LogP contribution is 2.35. The Morgan fingerprint density at radius 1 is 1.30 bits per heavy atom. The predicted octanol–water partition coefficient (Wildman–Crippen LogP) is 2.76. The summed E-state index contributed by atoms with van der Waals surface area (Å²) in [6.45, 7) is 0.938. The van der Waals surface area contributed by atoms with Gasteiger partial charge in [0.2, 0.25) is 0 Å². The molecule has 2 aromatic heterocycles. The van der Waals surface area contributed by atoms with Crippen LogP contribution in [0.5, 0.6) is 0 Å². The zero-order valence-electron chi connectivity index (χ0n) is 13.1. The number of halogens is 1. The Hall–Kier alpha value is -2.21. The number of fused-ring (bicyclic) bond motifs is 3. The van der Waals surface area contributed by atoms with E-state index in [0.29, 0.717) is 43.8 Å². The molecule has 6 heteroatoms. The molecule has 120 valence electrons. The zero-order chi connectivity index (χ0) is 16.0. The van der Waals surface area contributed by atoms with Gasteiger partial charge in [-0.25, -0.2) is 9.37 Å². The van der Waals surface area contributed by atoms with Crippen molar-refractivity contribution in [3.05, 3.63) is 30.0 Å². The molecule has 0 amide bonds. The fourth-order valence-corrected chi connectivity index (χ4v) is 3.40. The third-order valence-corrected chi connectivity index (χ3v) is 4.70. The lowest BCUT2D eigenvalue weighted by Gasteiger charge is -2.29. The molecule has 0 unspecified atom stereocenters. The molecule has 0 saturated carbocycles. The van der Waals surface area contributed by atoms with Gasteiger partial charge in [-0.3, -0.25) is 4.68 Å². The van der Waals surface area contributed by atoms with Crippen molar-refractivity contribution in [2.24, 2.45) is 7.05 Å². The number of nitrogens with two attached hydrogens (primary N) is 1. The first kappa shape index (κ1) is 14.4. The quantitative estimate of drug-likeness (QED) is 0.790. The number of aryl methyl sites for hydroxylation is 1. The van der Waals surface area contributed by atoms with E-state index in [4.69, 9.17) is 10.5 Å². The Morgan fingerprint density at radius 2 is 2.04 bits per heavy atom. The molecule has 1 fully saturated rings. The fourth-order valence-electron chi connectivity index (χ4n) is 3.40. The van der Waals surface area contributed by atoms with Crippen LogP contribution in [0.15, 0.2) is 24.3 Å². The Kier molecular flexibility index (Phi) is 3.23. The molecule has 0 atom stereocenters. The van der Waals surface area contributed by atoms with E-state index in [1.54, 1.807) is 4.68 Å². The molecule has 23 heavy (non-hydrogen) atoms. The molecule has 0 aliphatic carbocycles. The largest absolute Gasteiger partial charge is 0.382 e. The standard InChI is InChI=1S/C17H19FN4O/c1-22-13(10-17(18)6-8-23-9-7-17)14-11-4-2-3-5-12(11)20-16(19)15(14)21-22/h2-5H,6-10H2,1H3,(H2,19,20). The summed E-state index contributed by atoms with van der Waals surface area (Å²) in [5.74, 6) is 0.389. The van der Waals surface area contributed by atoms with E-state index in [1.807, 2.05) is 31.3 Å². The third kappa shape index (κ3) is 2.34. The van der Waals surface area contributed by atoms with Gasteiger partial charge in [0.15, 0.2) is 5.82 Å². The molecule has 1 aliphatic heterocycles. The number of aromatic nitrogens is 3. The number of nitrogens with zero attached hydrogens (tertiary/aromatic N) is 3. The number of nitrogen functional groups attached to an aromatic ring is 1. The van der Waals surface area contributed by atoms with Crippen LogP contribution < -0.4 is 5.73 Å². The fraction of sp³-hybridized carbons (Fsp3) is 0.412. The van der Waals surface area contributed by atoms with Crippen LogP contribution in [0.2, 0.25) is 0 Å². The first-order chi connectivity index (χ1) is 11.1. The number of hydrogen-bond donors (Lipinski definition) is 1. The minimum absolute atomic E-state index is 0.316. The van der Waals surface area contributed by atoms with Crippen molar-refractivity contribution >= 4 is 27.6 Å². The van der Waals surface area contributed by atoms with E-state index < -0.39 is 5.67 Å². The molecule has 3 heterocycles. The molecule has 1 saturated heterocycles. The zero-order valence-corrected chi connectivity index (χ0v) is 13.1. The number of benzene rings is 1. The lowest BCUT2D eigenvalue weighted by Crippen LogP contribution is -2.34. The maximum absolute atomic E-state index is 15.2. The number of rotatable bonds is 2. The van der Waals surface area contributed by atoms with Gasteiger partial charge in [0.25, 0.3) is 0 Å². The van der Waals surface area contributed by atoms with Gasteiger partial charge in [-0.15, -0.1) is 0 Å². The Balaban J connectivity index is 1.93. The summed E-state index contributed by atoms with van der Waals surface area (Å²) in [6.07, 6.45) is 1.15. The van der Waals surface area contributed by atoms with Crippen LogP contribution in [-0.2, 0) is 18.2 Å². The molecule has 5 nitrogen and oxygen atoms in total. The van der Waals surface area contributed by atoms with Gasteiger partial charge in [0.05, 0.1) is 5.52 Å². The van der Waals surface area contributed by atoms with Crippen LogP contribution >= 0.6 is 0 Å². The van der Waals surface area contributed by atoms with Crippen molar-refractivity contribution in [2.75, 3.05) is 18.9 Å². The molecule has 4 rings (SSSR count). The summed E-state index contributed by atoms with van der Waals surface area (Å²) in [4.78, 5) is 4.41. The number of para-hydroxylation sites is 1. The minimum atomic E-state index is -1.25. The Morgan fingerprint density at radius 3 is 2.83 bits per heavy atom. The van der Waals surface area contributed by atoms with E-state index in [0.717, 1.165) is 22.0 Å². The van der Waals surface area contributed by atoms with Crippen molar-refractivity contribution < 1.29 is 9.13 Å². The first-order valence-electron chi connectivity index (χ1n) is 7.84. The highest BCUT2D eigenvalue weighted by atomic mass is 19.1. The number of pyridine rings is 1. The second-order valence-corrected chi connectivity index (χ2v) is 6.25. The molecular weight excluding hydrogens is 295 g/mol. The average molecular weight is 314 g/mol. The number of anilines is 1. The maximum Gasteiger partial charge on any atom is 0.152 e. The summed E-state index contributed by atoms with van der Waals surface area (Å²) >= 11 is 0. The van der Waals surface area contributed by atoms with Gasteiger partial charge in [-0.05, 0) is 6.07 Å². The maximum atomic E-state index is 15.2. The van der Waals surface area contributed by atoms with Gasteiger partial charge in [0.1, 0.15) is 11.2 Å². The van der Waals surface area contributed by atoms with Crippen molar-refractivity contribution in [2.45, 2.75) is 24.9 Å². The third-order valence-electron chi connectivity index (χ3n) is 4.70. The molecule has 1 aliphatic rings. The van der Waals surface area contributed by atoms with E-state index in [2.05, 4.69) is 10.1 Å². The molecule has 0 bridgehead atoms. The SMILES string of the molecule is Cn1nc2c(N)nc3ccccc3c2c1CC1(F)CCOCC1. The lowest BCUT2D eigenvalue weighted by molar-refractivity contribution is -0.00888. The minimum Gasteiger partial charge on any atom is -0.382 e. The van der Waals surface area contributed by atoms with Crippen LogP contribution in [0.25, 0.3) is 21.8 Å². The van der Waals surface area contributed by atoms with Gasteiger partial charge < -0.3 is 10.5 Å². The number of alkyl halides is 1. The second-order valence-electron chi connectivity index (χ2n) is 6.25. The first-order valence-corrected chi connectivity index (χ1v) is 7.84. The molecule has 2 N–H and O–H groups in total. The topological polar surface area (TPSA) is 66.0 Å². The van der Waals surface area contributed by atoms with E-state index in [9.17, 15) is 0 Å². The lowest BCUT2D eigenvalue weighted by atomic mass is 9.90. The average Bonchev–Trinajstić information content (AvgIpc) is 2.86. The second kappa shape index (κ2) is 5.16. The molecule has 0 radical (unpaired) electrons. The molecular formula is C17H19FN4O. The smallest absolute Gasteiger partial charge is 0.152 e. The highest BCUT2D eigenvalue weighted by molar-refractivity contribution is 6.09. The highest BCUT2D eigenvalue weighted by Gasteiger charge is 2.34. The van der Waals surface area contributed by atoms with Gasteiger partial charge in [-0.1, -0.05) is 18.2 Å². The molecule has 1 aromatic carbocycles. The number of hydrogen-bond acceptors (Lipinski definition) is 4. The van der Waals surface area contributed by atoms with Crippen molar-refractivity contribution in [3.63, 3.8) is 0 Å². The van der Waals surface area contributed by atoms with E-state index in [1.165, 1.54) is 0 Å². The van der Waals surface area contributed by atoms with Crippen LogP contribution in [0, 0.1) is 0 Å². The Labute approximate surface area is 133 Å². The molecule has 0 spiro atoms. The van der Waals surface area contributed by atoms with Crippen LogP contribution in [0.1, 0.15) is 18.5 Å². The monoisotopic (exact) mass is 314 g/mol. The van der Waals surface area contributed by atoms with Crippen LogP contribution in [-0.4, -0.2) is 33.6 Å². The van der Waals surface area contributed by atoms with Gasteiger partial charge in [-0.2, -0.15) is 5.10 Å². The van der Waals surface area contributed by atoms with Crippen molar-refractivity contribution in [3.8, 4) is 0 Å². The summed E-state index contributed by atoms with van der Waals surface area (Å²) < 4.78 is 22.2. The van der Waals surface area contributed by atoms with Crippen molar-refractivity contribution in [1.82, 2.24) is 14.8 Å². The van der Waals surface area contributed by atoms with Crippen molar-refractivity contribution in [1.29, 1.82) is 0 Å². The van der Waals surface area contributed by atoms with Crippen LogP contribution in [0.4, 0.5) is 10.2 Å². The normalized spacial score (nSPS) is 17.8. The summed E-state index contributed by atoms with van der Waals surface area (Å²) in [5, 5.41) is 6.37. The number of ether oxygens (including phenoxy) is 1. The van der Waals surface area contributed by atoms with Crippen LogP contribution in [0.3, 0.4) is 0 Å². The predicted molar refractivity (Wildman–Crippen MR) is 88.0 cm³/mol. The summed E-state index contributed by atoms with van der Waals surface area (Å²) in [5.41, 5.74) is 7.15. The van der Waals surface area contributed by atoms with E-state index >= 15 is 4.39 Å². The van der Waals surface area contributed by atoms with Gasteiger partial charge >= 0.3 is 0 Å². The Bertz CT molecular complexity index is 883. The van der Waals surface area contributed by atoms with E-state index in [-0.39, 0.29) is 0 Å². The summed E-state index contributed by atoms with van der Waals surface area (Å²) in [6, 6.07) is 7.79.